The molecule has 5 nitrogen and oxygen atoms in total. The molecular formula is C19H20N2O3. The van der Waals surface area contributed by atoms with E-state index < -0.39 is 0 Å². The van der Waals surface area contributed by atoms with Crippen molar-refractivity contribution in [2.75, 3.05) is 20.8 Å². The second-order valence-electron chi connectivity index (χ2n) is 5.40. The first-order valence-electron chi connectivity index (χ1n) is 7.73. The summed E-state index contributed by atoms with van der Waals surface area (Å²) in [7, 11) is 3.29. The number of para-hydroxylation sites is 1. The summed E-state index contributed by atoms with van der Waals surface area (Å²) >= 11 is 0. The molecule has 3 aromatic rings. The summed E-state index contributed by atoms with van der Waals surface area (Å²) in [6.45, 7) is 0.608. The van der Waals surface area contributed by atoms with Crippen LogP contribution >= 0.6 is 0 Å². The summed E-state index contributed by atoms with van der Waals surface area (Å²) in [6, 6.07) is 13.5. The molecule has 0 fully saturated rings. The highest BCUT2D eigenvalue weighted by atomic mass is 16.5. The number of ether oxygens (including phenoxy) is 2. The van der Waals surface area contributed by atoms with Crippen LogP contribution < -0.4 is 9.47 Å². The van der Waals surface area contributed by atoms with Crippen LogP contribution in [0, 0.1) is 0 Å². The van der Waals surface area contributed by atoms with E-state index in [0.29, 0.717) is 12.1 Å². The number of nitrogens with one attached hydrogen (secondary N) is 1. The molecule has 1 heterocycles. The van der Waals surface area contributed by atoms with E-state index in [1.165, 1.54) is 0 Å². The van der Waals surface area contributed by atoms with E-state index in [4.69, 9.17) is 9.47 Å². The molecule has 1 aromatic heterocycles. The zero-order valence-corrected chi connectivity index (χ0v) is 13.7. The zero-order chi connectivity index (χ0) is 16.9. The normalized spacial score (nSPS) is 11.2. The van der Waals surface area contributed by atoms with Crippen LogP contribution in [-0.4, -0.2) is 37.1 Å². The van der Waals surface area contributed by atoms with Crippen LogP contribution in [0.15, 0.2) is 47.5 Å². The van der Waals surface area contributed by atoms with Gasteiger partial charge in [0.15, 0.2) is 5.88 Å². The molecule has 0 amide bonds. The van der Waals surface area contributed by atoms with Gasteiger partial charge in [-0.3, -0.25) is 4.99 Å². The number of hydrogen-bond acceptors (Lipinski definition) is 4. The SMILES string of the molecule is COc1ccc2[nH]c(O)c(C=NCCc3ccccc3OC)c2c1. The lowest BCUT2D eigenvalue weighted by atomic mass is 10.1. The topological polar surface area (TPSA) is 66.8 Å². The summed E-state index contributed by atoms with van der Waals surface area (Å²) in [6.07, 6.45) is 2.47. The van der Waals surface area contributed by atoms with Crippen molar-refractivity contribution in [2.24, 2.45) is 4.99 Å². The minimum atomic E-state index is 0.110. The predicted octanol–water partition coefficient (Wildman–Crippen LogP) is 3.55. The van der Waals surface area contributed by atoms with Crippen molar-refractivity contribution in [2.45, 2.75) is 6.42 Å². The molecule has 0 unspecified atom stereocenters. The molecule has 0 spiro atoms. The fraction of sp³-hybridized carbons (Fsp3) is 0.211. The van der Waals surface area contributed by atoms with E-state index in [2.05, 4.69) is 9.98 Å². The van der Waals surface area contributed by atoms with E-state index in [0.717, 1.165) is 34.4 Å². The number of hydrogen-bond donors (Lipinski definition) is 2. The number of aliphatic imine (C=N–C) groups is 1. The highest BCUT2D eigenvalue weighted by Crippen LogP contribution is 2.28. The van der Waals surface area contributed by atoms with Gasteiger partial charge >= 0.3 is 0 Å². The van der Waals surface area contributed by atoms with E-state index in [-0.39, 0.29) is 5.88 Å². The Morgan fingerprint density at radius 1 is 1.12 bits per heavy atom. The molecule has 5 heteroatoms. The lowest BCUT2D eigenvalue weighted by Crippen LogP contribution is -1.95. The Hall–Kier alpha value is -2.95. The van der Waals surface area contributed by atoms with Crippen LogP contribution in [-0.2, 0) is 6.42 Å². The van der Waals surface area contributed by atoms with Gasteiger partial charge in [0.25, 0.3) is 0 Å². The number of nitrogens with zero attached hydrogens (tertiary/aromatic N) is 1. The Bertz CT molecular complexity index is 868. The molecule has 0 saturated carbocycles. The molecule has 0 atom stereocenters. The molecule has 24 heavy (non-hydrogen) atoms. The molecule has 0 aliphatic carbocycles. The van der Waals surface area contributed by atoms with Gasteiger partial charge in [-0.05, 0) is 36.2 Å². The number of aromatic hydroxyl groups is 1. The van der Waals surface area contributed by atoms with Crippen molar-refractivity contribution in [1.82, 2.24) is 4.98 Å². The number of H-pyrrole nitrogens is 1. The number of aromatic nitrogens is 1. The van der Waals surface area contributed by atoms with Crippen molar-refractivity contribution >= 4 is 17.1 Å². The van der Waals surface area contributed by atoms with Crippen molar-refractivity contribution in [3.8, 4) is 17.4 Å². The third-order valence-corrected chi connectivity index (χ3v) is 3.95. The van der Waals surface area contributed by atoms with Crippen molar-refractivity contribution < 1.29 is 14.6 Å². The molecule has 124 valence electrons. The number of fused-ring (bicyclic) bond motifs is 1. The average molecular weight is 324 g/mol. The summed E-state index contributed by atoms with van der Waals surface area (Å²) in [5, 5.41) is 11.0. The molecule has 0 aliphatic rings. The van der Waals surface area contributed by atoms with Crippen LogP contribution in [0.4, 0.5) is 0 Å². The Morgan fingerprint density at radius 3 is 2.75 bits per heavy atom. The van der Waals surface area contributed by atoms with Crippen LogP contribution in [0.1, 0.15) is 11.1 Å². The van der Waals surface area contributed by atoms with Gasteiger partial charge in [0.05, 0.1) is 19.8 Å². The Labute approximate surface area is 140 Å². The van der Waals surface area contributed by atoms with Gasteiger partial charge in [-0.25, -0.2) is 0 Å². The lowest BCUT2D eigenvalue weighted by molar-refractivity contribution is 0.410. The third kappa shape index (κ3) is 3.20. The lowest BCUT2D eigenvalue weighted by Gasteiger charge is -2.06. The summed E-state index contributed by atoms with van der Waals surface area (Å²) < 4.78 is 10.6. The monoisotopic (exact) mass is 324 g/mol. The van der Waals surface area contributed by atoms with Crippen LogP contribution in [0.25, 0.3) is 10.9 Å². The first kappa shape index (κ1) is 15.9. The van der Waals surface area contributed by atoms with Crippen molar-refractivity contribution in [3.63, 3.8) is 0 Å². The van der Waals surface area contributed by atoms with Crippen LogP contribution in [0.2, 0.25) is 0 Å². The molecule has 0 aliphatic heterocycles. The second-order valence-corrected chi connectivity index (χ2v) is 5.40. The Morgan fingerprint density at radius 2 is 1.96 bits per heavy atom. The zero-order valence-electron chi connectivity index (χ0n) is 13.7. The summed E-state index contributed by atoms with van der Waals surface area (Å²) in [5.41, 5.74) is 2.63. The summed E-state index contributed by atoms with van der Waals surface area (Å²) in [5.74, 6) is 1.72. The van der Waals surface area contributed by atoms with Gasteiger partial charge < -0.3 is 19.6 Å². The quantitative estimate of drug-likeness (QED) is 0.681. The smallest absolute Gasteiger partial charge is 0.198 e. The van der Waals surface area contributed by atoms with Crippen molar-refractivity contribution in [1.29, 1.82) is 0 Å². The van der Waals surface area contributed by atoms with Gasteiger partial charge in [-0.1, -0.05) is 18.2 Å². The van der Waals surface area contributed by atoms with E-state index in [1.54, 1.807) is 20.4 Å². The minimum Gasteiger partial charge on any atom is -0.497 e. The Balaban J connectivity index is 1.77. The third-order valence-electron chi connectivity index (χ3n) is 3.95. The van der Waals surface area contributed by atoms with Gasteiger partial charge in [-0.15, -0.1) is 0 Å². The fourth-order valence-corrected chi connectivity index (χ4v) is 2.69. The van der Waals surface area contributed by atoms with E-state index in [1.807, 2.05) is 42.5 Å². The van der Waals surface area contributed by atoms with E-state index in [9.17, 15) is 5.11 Å². The maximum atomic E-state index is 10.1. The maximum absolute atomic E-state index is 10.1. The molecule has 0 radical (unpaired) electrons. The fourth-order valence-electron chi connectivity index (χ4n) is 2.69. The number of rotatable bonds is 6. The molecule has 3 rings (SSSR count). The number of benzene rings is 2. The minimum absolute atomic E-state index is 0.110. The van der Waals surface area contributed by atoms with Gasteiger partial charge in [0.2, 0.25) is 0 Å². The van der Waals surface area contributed by atoms with Gasteiger partial charge in [0.1, 0.15) is 11.5 Å². The van der Waals surface area contributed by atoms with Crippen LogP contribution in [0.3, 0.4) is 0 Å². The first-order valence-corrected chi connectivity index (χ1v) is 7.73. The number of methoxy groups -OCH3 is 2. The first-order chi connectivity index (χ1) is 11.7. The van der Waals surface area contributed by atoms with E-state index >= 15 is 0 Å². The standard InChI is InChI=1S/C19H20N2O3/c1-23-14-7-8-17-15(11-14)16(19(22)21-17)12-20-10-9-13-5-3-4-6-18(13)24-2/h3-8,11-12,21-22H,9-10H2,1-2H3. The molecule has 0 saturated heterocycles. The second kappa shape index (κ2) is 7.08. The van der Waals surface area contributed by atoms with Gasteiger partial charge in [-0.2, -0.15) is 0 Å². The molecular weight excluding hydrogens is 304 g/mol. The molecule has 2 N–H and O–H groups in total. The average Bonchev–Trinajstić information content (AvgIpc) is 2.93. The highest BCUT2D eigenvalue weighted by molar-refractivity contribution is 6.02. The maximum Gasteiger partial charge on any atom is 0.198 e. The van der Waals surface area contributed by atoms with Crippen molar-refractivity contribution in [3.05, 3.63) is 53.6 Å². The summed E-state index contributed by atoms with van der Waals surface area (Å²) in [4.78, 5) is 7.39. The highest BCUT2D eigenvalue weighted by Gasteiger charge is 2.09. The van der Waals surface area contributed by atoms with Crippen LogP contribution in [0.5, 0.6) is 17.4 Å². The number of aromatic amines is 1. The van der Waals surface area contributed by atoms with Gasteiger partial charge in [0, 0.05) is 23.7 Å². The molecule has 0 bridgehead atoms. The largest absolute Gasteiger partial charge is 0.497 e. The predicted molar refractivity (Wildman–Crippen MR) is 95.7 cm³/mol. The molecule has 2 aromatic carbocycles. The Kier molecular flexibility index (Phi) is 4.70.